The van der Waals surface area contributed by atoms with Gasteiger partial charge in [0.25, 0.3) is 0 Å². The number of halogens is 1. The average molecular weight is 332 g/mol. The van der Waals surface area contributed by atoms with Crippen LogP contribution in [0, 0.1) is 0 Å². The zero-order valence-corrected chi connectivity index (χ0v) is 12.4. The van der Waals surface area contributed by atoms with Crippen molar-refractivity contribution in [2.45, 2.75) is 6.54 Å². The number of hydrogen-bond acceptors (Lipinski definition) is 2. The fourth-order valence-corrected chi connectivity index (χ4v) is 3.39. The summed E-state index contributed by atoms with van der Waals surface area (Å²) in [6.07, 6.45) is 6.25. The van der Waals surface area contributed by atoms with Gasteiger partial charge in [-0.05, 0) is 23.6 Å². The van der Waals surface area contributed by atoms with Gasteiger partial charge in [-0.15, -0.1) is 11.3 Å². The van der Waals surface area contributed by atoms with Crippen LogP contribution in [0.5, 0.6) is 0 Å². The summed E-state index contributed by atoms with van der Waals surface area (Å²) in [5.74, 6) is 0. The number of fused-ring (bicyclic) bond motifs is 2. The quantitative estimate of drug-likeness (QED) is 0.540. The summed E-state index contributed by atoms with van der Waals surface area (Å²) >= 11 is 5.19. The van der Waals surface area contributed by atoms with Gasteiger partial charge in [0.05, 0.1) is 12.2 Å². The van der Waals surface area contributed by atoms with Crippen molar-refractivity contribution in [2.24, 2.45) is 0 Å². The summed E-state index contributed by atoms with van der Waals surface area (Å²) in [4.78, 5) is 5.67. The molecule has 0 unspecified atom stereocenters. The van der Waals surface area contributed by atoms with E-state index in [1.54, 1.807) is 11.3 Å². The molecular weight excluding hydrogens is 322 g/mol. The second-order valence-corrected chi connectivity index (χ2v) is 6.26. The van der Waals surface area contributed by atoms with E-state index in [1.165, 1.54) is 10.9 Å². The zero-order chi connectivity index (χ0) is 12.8. The maximum absolute atomic E-state index is 4.63. The van der Waals surface area contributed by atoms with Crippen LogP contribution in [0.4, 0.5) is 0 Å². The molecular formula is C14H10BrN3S. The van der Waals surface area contributed by atoms with Gasteiger partial charge in [-0.25, -0.2) is 4.98 Å². The van der Waals surface area contributed by atoms with Crippen LogP contribution in [0.3, 0.4) is 0 Å². The molecule has 5 heteroatoms. The van der Waals surface area contributed by atoms with Crippen LogP contribution < -0.4 is 0 Å². The summed E-state index contributed by atoms with van der Waals surface area (Å²) in [5.41, 5.74) is 2.31. The lowest BCUT2D eigenvalue weighted by molar-refractivity contribution is 0.815. The first-order valence-corrected chi connectivity index (χ1v) is 7.62. The van der Waals surface area contributed by atoms with Crippen molar-refractivity contribution in [1.29, 1.82) is 0 Å². The van der Waals surface area contributed by atoms with Crippen LogP contribution >= 0.6 is 27.3 Å². The first-order chi connectivity index (χ1) is 9.29. The number of hydrogen-bond donors (Lipinski definition) is 0. The van der Waals surface area contributed by atoms with Gasteiger partial charge < -0.3 is 4.57 Å². The molecule has 0 aliphatic heterocycles. The van der Waals surface area contributed by atoms with Crippen LogP contribution in [0.2, 0.25) is 0 Å². The molecule has 0 aliphatic carbocycles. The van der Waals surface area contributed by atoms with E-state index in [0.717, 1.165) is 21.7 Å². The first-order valence-electron chi connectivity index (χ1n) is 5.95. The summed E-state index contributed by atoms with van der Waals surface area (Å²) in [6.45, 7) is 0.800. The lowest BCUT2D eigenvalue weighted by Crippen LogP contribution is -1.97. The lowest BCUT2D eigenvalue weighted by atomic mass is 10.2. The molecule has 3 heterocycles. The SMILES string of the molecule is Brc1ccc2ccn(Cc3cn4ccsc4n3)c2c1. The number of rotatable bonds is 2. The minimum Gasteiger partial charge on any atom is -0.341 e. The largest absolute Gasteiger partial charge is 0.341 e. The van der Waals surface area contributed by atoms with E-state index in [9.17, 15) is 0 Å². The molecule has 0 fully saturated rings. The Morgan fingerprint density at radius 1 is 1.21 bits per heavy atom. The van der Waals surface area contributed by atoms with Crippen molar-refractivity contribution >= 4 is 43.1 Å². The topological polar surface area (TPSA) is 22.2 Å². The van der Waals surface area contributed by atoms with E-state index in [0.29, 0.717) is 0 Å². The number of aromatic nitrogens is 3. The lowest BCUT2D eigenvalue weighted by Gasteiger charge is -2.03. The van der Waals surface area contributed by atoms with Crippen molar-refractivity contribution in [1.82, 2.24) is 14.0 Å². The highest BCUT2D eigenvalue weighted by Crippen LogP contribution is 2.22. The summed E-state index contributed by atoms with van der Waals surface area (Å²) in [5, 5.41) is 3.30. The number of thiazole rings is 1. The highest BCUT2D eigenvalue weighted by Gasteiger charge is 2.06. The Bertz CT molecular complexity index is 843. The molecule has 0 saturated carbocycles. The fourth-order valence-electron chi connectivity index (χ4n) is 2.32. The smallest absolute Gasteiger partial charge is 0.193 e. The molecule has 4 rings (SSSR count). The van der Waals surface area contributed by atoms with Crippen molar-refractivity contribution in [3.05, 3.63) is 58.4 Å². The molecule has 3 nitrogen and oxygen atoms in total. The Morgan fingerprint density at radius 3 is 3.05 bits per heavy atom. The molecule has 94 valence electrons. The van der Waals surface area contributed by atoms with Gasteiger partial charge in [0.15, 0.2) is 4.96 Å². The molecule has 1 aromatic carbocycles. The molecule has 19 heavy (non-hydrogen) atoms. The van der Waals surface area contributed by atoms with Gasteiger partial charge in [0.2, 0.25) is 0 Å². The summed E-state index contributed by atoms with van der Waals surface area (Å²) < 4.78 is 5.40. The summed E-state index contributed by atoms with van der Waals surface area (Å²) in [7, 11) is 0. The molecule has 0 atom stereocenters. The molecule has 3 aromatic heterocycles. The molecule has 0 saturated heterocycles. The molecule has 4 aromatic rings. The third kappa shape index (κ3) is 1.89. The van der Waals surface area contributed by atoms with Gasteiger partial charge >= 0.3 is 0 Å². The normalized spacial score (nSPS) is 11.6. The highest BCUT2D eigenvalue weighted by atomic mass is 79.9. The Morgan fingerprint density at radius 2 is 2.16 bits per heavy atom. The molecule has 0 radical (unpaired) electrons. The zero-order valence-electron chi connectivity index (χ0n) is 9.95. The first kappa shape index (κ1) is 11.3. The fraction of sp³-hybridized carbons (Fsp3) is 0.0714. The van der Waals surface area contributed by atoms with Gasteiger partial charge in [-0.2, -0.15) is 0 Å². The minimum atomic E-state index is 0.800. The summed E-state index contributed by atoms with van der Waals surface area (Å²) in [6, 6.07) is 8.48. The van der Waals surface area contributed by atoms with Gasteiger partial charge in [-0.3, -0.25) is 4.40 Å². The Balaban J connectivity index is 1.78. The number of benzene rings is 1. The Labute approximate surface area is 122 Å². The Hall–Kier alpha value is -1.59. The van der Waals surface area contributed by atoms with Crippen LogP contribution in [0.25, 0.3) is 15.9 Å². The van der Waals surface area contributed by atoms with E-state index >= 15 is 0 Å². The second-order valence-electron chi connectivity index (χ2n) is 4.47. The molecule has 0 amide bonds. The molecule has 0 bridgehead atoms. The van der Waals surface area contributed by atoms with Crippen molar-refractivity contribution in [3.8, 4) is 0 Å². The van der Waals surface area contributed by atoms with Crippen LogP contribution in [-0.4, -0.2) is 14.0 Å². The minimum absolute atomic E-state index is 0.800. The molecule has 0 aliphatic rings. The van der Waals surface area contributed by atoms with E-state index in [2.05, 4.69) is 66.5 Å². The predicted octanol–water partition coefficient (Wildman–Crippen LogP) is 4.16. The van der Waals surface area contributed by atoms with Crippen LogP contribution in [-0.2, 0) is 6.54 Å². The average Bonchev–Trinajstić information content (AvgIpc) is 3.04. The van der Waals surface area contributed by atoms with E-state index < -0.39 is 0 Å². The second kappa shape index (κ2) is 4.21. The van der Waals surface area contributed by atoms with E-state index in [1.807, 2.05) is 11.6 Å². The van der Waals surface area contributed by atoms with Crippen LogP contribution in [0.1, 0.15) is 5.69 Å². The maximum Gasteiger partial charge on any atom is 0.193 e. The van der Waals surface area contributed by atoms with E-state index in [4.69, 9.17) is 0 Å². The maximum atomic E-state index is 4.63. The van der Waals surface area contributed by atoms with Crippen molar-refractivity contribution in [3.63, 3.8) is 0 Å². The third-order valence-corrected chi connectivity index (χ3v) is 4.48. The van der Waals surface area contributed by atoms with Crippen molar-refractivity contribution in [2.75, 3.05) is 0 Å². The monoisotopic (exact) mass is 331 g/mol. The Kier molecular flexibility index (Phi) is 2.50. The van der Waals surface area contributed by atoms with Crippen LogP contribution in [0.15, 0.2) is 52.7 Å². The standard InChI is InChI=1S/C14H10BrN3S/c15-11-2-1-10-3-4-17(13(10)7-11)8-12-9-18-5-6-19-14(18)16-12/h1-7,9H,8H2. The molecule has 0 spiro atoms. The van der Waals surface area contributed by atoms with E-state index in [-0.39, 0.29) is 0 Å². The third-order valence-electron chi connectivity index (χ3n) is 3.21. The van der Waals surface area contributed by atoms with Gasteiger partial charge in [0, 0.05) is 34.0 Å². The van der Waals surface area contributed by atoms with Gasteiger partial charge in [-0.1, -0.05) is 22.0 Å². The predicted molar refractivity (Wildman–Crippen MR) is 81.8 cm³/mol. The molecule has 0 N–H and O–H groups in total. The van der Waals surface area contributed by atoms with Crippen molar-refractivity contribution < 1.29 is 0 Å². The number of nitrogens with zero attached hydrogens (tertiary/aromatic N) is 3. The highest BCUT2D eigenvalue weighted by molar-refractivity contribution is 9.10. The number of imidazole rings is 1. The van der Waals surface area contributed by atoms with Gasteiger partial charge in [0.1, 0.15) is 0 Å².